The summed E-state index contributed by atoms with van der Waals surface area (Å²) >= 11 is 0. The van der Waals surface area contributed by atoms with E-state index < -0.39 is 10.0 Å². The van der Waals surface area contributed by atoms with E-state index in [1.807, 2.05) is 32.6 Å². The van der Waals surface area contributed by atoms with Crippen LogP contribution in [0.4, 0.5) is 0 Å². The summed E-state index contributed by atoms with van der Waals surface area (Å²) in [4.78, 5) is 6.01. The van der Waals surface area contributed by atoms with Crippen LogP contribution in [-0.2, 0) is 10.0 Å². The maximum Gasteiger partial charge on any atom is 0.215 e. The summed E-state index contributed by atoms with van der Waals surface area (Å²) in [6.45, 7) is 10.4. The van der Waals surface area contributed by atoms with Crippen LogP contribution in [0.2, 0.25) is 0 Å². The Bertz CT molecular complexity index is 352. The topological polar surface area (TPSA) is 79.0 Å². The zero-order valence-corrected chi connectivity index (χ0v) is 15.4. The van der Waals surface area contributed by atoms with E-state index in [9.17, 15) is 8.42 Å². The van der Waals surface area contributed by atoms with Crippen LogP contribution < -0.4 is 5.73 Å². The Hall–Kier alpha value is -0.0900. The van der Waals surface area contributed by atoms with Gasteiger partial charge in [-0.05, 0) is 13.8 Å². The minimum absolute atomic E-state index is 0. The molecular weight excluding hydrogens is 379 g/mol. The average molecular weight is 406 g/mol. The lowest BCUT2D eigenvalue weighted by Crippen LogP contribution is -2.38. The molecule has 0 radical (unpaired) electrons. The van der Waals surface area contributed by atoms with Crippen molar-refractivity contribution >= 4 is 40.0 Å². The molecule has 0 rings (SSSR count). The molecule has 0 amide bonds. The Balaban J connectivity index is 0. The fourth-order valence-electron chi connectivity index (χ4n) is 1.67. The monoisotopic (exact) mass is 406 g/mol. The molecule has 6 nitrogen and oxygen atoms in total. The summed E-state index contributed by atoms with van der Waals surface area (Å²) in [5.74, 6) is 0.422. The molecule has 0 saturated heterocycles. The number of hydrogen-bond acceptors (Lipinski definition) is 3. The van der Waals surface area contributed by atoms with Gasteiger partial charge in [0.05, 0.1) is 12.3 Å². The van der Waals surface area contributed by atoms with E-state index in [4.69, 9.17) is 5.73 Å². The van der Waals surface area contributed by atoms with Crippen molar-refractivity contribution in [3.63, 3.8) is 0 Å². The molecule has 0 fully saturated rings. The predicted molar refractivity (Wildman–Crippen MR) is 91.5 cm³/mol. The molecular formula is C11H27IN4O2S. The molecule has 2 N–H and O–H groups in total. The van der Waals surface area contributed by atoms with Crippen molar-refractivity contribution in [1.29, 1.82) is 0 Å². The average Bonchev–Trinajstić information content (AvgIpc) is 2.31. The molecule has 0 aliphatic carbocycles. The smallest absolute Gasteiger partial charge is 0.215 e. The van der Waals surface area contributed by atoms with E-state index >= 15 is 0 Å². The Morgan fingerprint density at radius 2 is 1.53 bits per heavy atom. The van der Waals surface area contributed by atoms with Gasteiger partial charge < -0.3 is 10.6 Å². The van der Waals surface area contributed by atoms with Gasteiger partial charge in [0.25, 0.3) is 0 Å². The summed E-state index contributed by atoms with van der Waals surface area (Å²) in [7, 11) is -3.21. The van der Waals surface area contributed by atoms with Crippen molar-refractivity contribution in [2.24, 2.45) is 10.7 Å². The number of guanidine groups is 1. The molecule has 0 bridgehead atoms. The number of hydrogen-bond donors (Lipinski definition) is 1. The zero-order chi connectivity index (χ0) is 14.2. The Morgan fingerprint density at radius 1 is 1.05 bits per heavy atom. The third-order valence-electron chi connectivity index (χ3n) is 2.81. The molecule has 0 heterocycles. The third-order valence-corrected chi connectivity index (χ3v) is 4.81. The predicted octanol–water partition coefficient (Wildman–Crippen LogP) is 0.932. The van der Waals surface area contributed by atoms with Gasteiger partial charge in [-0.15, -0.1) is 24.0 Å². The largest absolute Gasteiger partial charge is 0.370 e. The molecule has 19 heavy (non-hydrogen) atoms. The molecule has 0 spiro atoms. The quantitative estimate of drug-likeness (QED) is 0.370. The van der Waals surface area contributed by atoms with Crippen molar-refractivity contribution < 1.29 is 8.42 Å². The van der Waals surface area contributed by atoms with Gasteiger partial charge in [0.2, 0.25) is 10.0 Å². The lowest BCUT2D eigenvalue weighted by molar-refractivity contribution is 0.444. The summed E-state index contributed by atoms with van der Waals surface area (Å²) in [5.41, 5.74) is 5.78. The minimum Gasteiger partial charge on any atom is -0.370 e. The lowest BCUT2D eigenvalue weighted by atomic mass is 10.5. The first kappa shape index (κ1) is 21.2. The van der Waals surface area contributed by atoms with Gasteiger partial charge in [0, 0.05) is 26.2 Å². The van der Waals surface area contributed by atoms with Gasteiger partial charge in [-0.25, -0.2) is 12.7 Å². The van der Waals surface area contributed by atoms with Crippen LogP contribution in [-0.4, -0.2) is 62.1 Å². The standard InChI is InChI=1S/C11H26N4O2S.HI/c1-5-14(6-2)11(12)13-9-10-18(16,17)15(7-3)8-4;/h5-10H2,1-4H3,(H2,12,13);1H. The van der Waals surface area contributed by atoms with Crippen molar-refractivity contribution in [2.75, 3.05) is 38.5 Å². The van der Waals surface area contributed by atoms with Gasteiger partial charge in [-0.3, -0.25) is 4.99 Å². The molecule has 0 aliphatic rings. The summed E-state index contributed by atoms with van der Waals surface area (Å²) in [6.07, 6.45) is 0. The fraction of sp³-hybridized carbons (Fsp3) is 0.909. The van der Waals surface area contributed by atoms with Crippen LogP contribution >= 0.6 is 24.0 Å². The number of nitrogens with zero attached hydrogens (tertiary/aromatic N) is 3. The Morgan fingerprint density at radius 3 is 1.89 bits per heavy atom. The molecule has 0 aliphatic heterocycles. The van der Waals surface area contributed by atoms with Crippen molar-refractivity contribution in [3.05, 3.63) is 0 Å². The normalized spacial score (nSPS) is 12.4. The Labute approximate surface area is 134 Å². The summed E-state index contributed by atoms with van der Waals surface area (Å²) in [6, 6.07) is 0. The highest BCUT2D eigenvalue weighted by atomic mass is 127. The van der Waals surface area contributed by atoms with Crippen LogP contribution in [0, 0.1) is 0 Å². The van der Waals surface area contributed by atoms with E-state index in [1.54, 1.807) is 0 Å². The maximum atomic E-state index is 11.9. The third kappa shape index (κ3) is 7.31. The number of sulfonamides is 1. The van der Waals surface area contributed by atoms with Gasteiger partial charge in [0.15, 0.2) is 5.96 Å². The van der Waals surface area contributed by atoms with Gasteiger partial charge >= 0.3 is 0 Å². The van der Waals surface area contributed by atoms with Crippen molar-refractivity contribution in [3.8, 4) is 0 Å². The minimum atomic E-state index is -3.21. The molecule has 0 atom stereocenters. The molecule has 8 heteroatoms. The highest BCUT2D eigenvalue weighted by molar-refractivity contribution is 14.0. The number of aliphatic imine (C=N–C) groups is 1. The second kappa shape index (κ2) is 10.7. The second-order valence-electron chi connectivity index (χ2n) is 3.81. The zero-order valence-electron chi connectivity index (χ0n) is 12.3. The first-order valence-corrected chi connectivity index (χ1v) is 8.06. The maximum absolute atomic E-state index is 11.9. The van der Waals surface area contributed by atoms with Gasteiger partial charge in [-0.1, -0.05) is 13.8 Å². The van der Waals surface area contributed by atoms with E-state index in [-0.39, 0.29) is 36.3 Å². The van der Waals surface area contributed by atoms with Gasteiger partial charge in [-0.2, -0.15) is 0 Å². The van der Waals surface area contributed by atoms with Crippen LogP contribution in [0.3, 0.4) is 0 Å². The van der Waals surface area contributed by atoms with Crippen LogP contribution in [0.25, 0.3) is 0 Å². The number of nitrogens with two attached hydrogens (primary N) is 1. The number of rotatable bonds is 8. The summed E-state index contributed by atoms with van der Waals surface area (Å²) in [5, 5.41) is 0. The molecule has 0 aromatic rings. The number of halogens is 1. The molecule has 0 saturated carbocycles. The molecule has 0 aromatic heterocycles. The molecule has 0 unspecified atom stereocenters. The SMILES string of the molecule is CCN(CC)C(N)=NCCS(=O)(=O)N(CC)CC.I. The van der Waals surface area contributed by atoms with E-state index in [2.05, 4.69) is 4.99 Å². The molecule has 0 aromatic carbocycles. The van der Waals surface area contributed by atoms with Crippen LogP contribution in [0.15, 0.2) is 4.99 Å². The fourth-order valence-corrected chi connectivity index (χ4v) is 3.04. The Kier molecular flexibility index (Phi) is 11.9. The van der Waals surface area contributed by atoms with Gasteiger partial charge in [0.1, 0.15) is 0 Å². The van der Waals surface area contributed by atoms with Crippen LogP contribution in [0.1, 0.15) is 27.7 Å². The van der Waals surface area contributed by atoms with E-state index in [1.165, 1.54) is 4.31 Å². The lowest BCUT2D eigenvalue weighted by Gasteiger charge is -2.20. The highest BCUT2D eigenvalue weighted by Gasteiger charge is 2.17. The highest BCUT2D eigenvalue weighted by Crippen LogP contribution is 2.00. The van der Waals surface area contributed by atoms with E-state index in [0.717, 1.165) is 13.1 Å². The van der Waals surface area contributed by atoms with E-state index in [0.29, 0.717) is 19.0 Å². The summed E-state index contributed by atoms with van der Waals surface area (Å²) < 4.78 is 25.2. The first-order valence-electron chi connectivity index (χ1n) is 6.45. The van der Waals surface area contributed by atoms with Crippen molar-refractivity contribution in [1.82, 2.24) is 9.21 Å². The molecule has 116 valence electrons. The first-order chi connectivity index (χ1) is 8.42. The second-order valence-corrected chi connectivity index (χ2v) is 5.90. The van der Waals surface area contributed by atoms with Crippen LogP contribution in [0.5, 0.6) is 0 Å². The van der Waals surface area contributed by atoms with Crippen molar-refractivity contribution in [2.45, 2.75) is 27.7 Å².